The molecule has 3 aromatic carbocycles. The number of rotatable bonds is 6. The van der Waals surface area contributed by atoms with E-state index in [2.05, 4.69) is 28.5 Å². The van der Waals surface area contributed by atoms with Gasteiger partial charge in [-0.15, -0.1) is 0 Å². The van der Waals surface area contributed by atoms with E-state index in [4.69, 9.17) is 0 Å². The summed E-state index contributed by atoms with van der Waals surface area (Å²) in [6.45, 7) is 0.497. The summed E-state index contributed by atoms with van der Waals surface area (Å²) < 4.78 is 0. The molecule has 0 bridgehead atoms. The molecule has 0 unspecified atom stereocenters. The number of aromatic nitrogens is 1. The molecule has 4 aromatic rings. The molecule has 0 amide bonds. The zero-order valence-corrected chi connectivity index (χ0v) is 16.1. The third-order valence-electron chi connectivity index (χ3n) is 4.43. The lowest BCUT2D eigenvalue weighted by Gasteiger charge is -2.12. The van der Waals surface area contributed by atoms with Crippen LogP contribution in [0, 0.1) is 10.1 Å². The predicted octanol–water partition coefficient (Wildman–Crippen LogP) is 5.61. The van der Waals surface area contributed by atoms with E-state index >= 15 is 0 Å². The van der Waals surface area contributed by atoms with E-state index in [9.17, 15) is 15.2 Å². The zero-order valence-electron chi connectivity index (χ0n) is 15.3. The molecule has 2 N–H and O–H groups in total. The smallest absolute Gasteiger partial charge is 0.312 e. The molecule has 1 heterocycles. The topological polar surface area (TPSA) is 88.3 Å². The first-order valence-corrected chi connectivity index (χ1v) is 9.73. The summed E-state index contributed by atoms with van der Waals surface area (Å²) in [5.74, 6) is -0.346. The maximum absolute atomic E-state index is 11.0. The summed E-state index contributed by atoms with van der Waals surface area (Å²) in [5, 5.41) is 24.9. The van der Waals surface area contributed by atoms with Gasteiger partial charge in [0.1, 0.15) is 0 Å². The van der Waals surface area contributed by atoms with E-state index in [-0.39, 0.29) is 11.4 Å². The molecule has 0 fully saturated rings. The Morgan fingerprint density at radius 3 is 2.76 bits per heavy atom. The summed E-state index contributed by atoms with van der Waals surface area (Å²) in [6, 6.07) is 22.4. The molecule has 7 heteroatoms. The number of hydrogen-bond acceptors (Lipinski definition) is 6. The number of nitrogens with zero attached hydrogens (tertiary/aromatic N) is 2. The van der Waals surface area contributed by atoms with Crippen molar-refractivity contribution in [3.8, 4) is 5.75 Å². The largest absolute Gasteiger partial charge is 0.502 e. The Hall–Kier alpha value is -3.58. The van der Waals surface area contributed by atoms with Crippen molar-refractivity contribution in [1.82, 2.24) is 4.98 Å². The maximum atomic E-state index is 11.0. The second-order valence-electron chi connectivity index (χ2n) is 6.38. The first-order valence-electron chi connectivity index (χ1n) is 8.92. The molecule has 0 aliphatic carbocycles. The number of hydrogen-bond donors (Lipinski definition) is 2. The Morgan fingerprint density at radius 2 is 1.90 bits per heavy atom. The van der Waals surface area contributed by atoms with Crippen LogP contribution in [-0.4, -0.2) is 15.0 Å². The zero-order chi connectivity index (χ0) is 20.2. The molecule has 1 aromatic heterocycles. The second-order valence-corrected chi connectivity index (χ2v) is 7.50. The highest BCUT2D eigenvalue weighted by Gasteiger charge is 2.13. The van der Waals surface area contributed by atoms with Crippen molar-refractivity contribution in [3.05, 3.63) is 94.7 Å². The molecule has 0 aliphatic heterocycles. The van der Waals surface area contributed by atoms with Gasteiger partial charge in [0.25, 0.3) is 0 Å². The van der Waals surface area contributed by atoms with E-state index in [0.717, 1.165) is 26.3 Å². The van der Waals surface area contributed by atoms with Crippen LogP contribution in [0.3, 0.4) is 0 Å². The molecule has 6 nitrogen and oxygen atoms in total. The Kier molecular flexibility index (Phi) is 5.31. The van der Waals surface area contributed by atoms with Gasteiger partial charge in [0, 0.05) is 39.7 Å². The van der Waals surface area contributed by atoms with Gasteiger partial charge >= 0.3 is 5.69 Å². The van der Waals surface area contributed by atoms with Gasteiger partial charge in [0.15, 0.2) is 5.75 Å². The van der Waals surface area contributed by atoms with E-state index in [1.165, 1.54) is 12.1 Å². The average Bonchev–Trinajstić information content (AvgIpc) is 2.74. The summed E-state index contributed by atoms with van der Waals surface area (Å²) in [4.78, 5) is 17.0. The van der Waals surface area contributed by atoms with E-state index in [0.29, 0.717) is 12.2 Å². The molecule has 0 aliphatic rings. The minimum atomic E-state index is -0.599. The number of pyridine rings is 1. The van der Waals surface area contributed by atoms with Crippen LogP contribution in [0.1, 0.15) is 5.56 Å². The molecular weight excluding hydrogens is 386 g/mol. The second kappa shape index (κ2) is 8.20. The van der Waals surface area contributed by atoms with E-state index in [1.54, 1.807) is 24.0 Å². The van der Waals surface area contributed by atoms with Crippen LogP contribution in [0.5, 0.6) is 5.75 Å². The van der Waals surface area contributed by atoms with Crippen LogP contribution in [0.4, 0.5) is 11.4 Å². The third kappa shape index (κ3) is 4.30. The number of nitrogens with one attached hydrogen (secondary N) is 1. The average molecular weight is 403 g/mol. The van der Waals surface area contributed by atoms with Crippen LogP contribution >= 0.6 is 11.8 Å². The van der Waals surface area contributed by atoms with Crippen molar-refractivity contribution in [3.63, 3.8) is 0 Å². The van der Waals surface area contributed by atoms with E-state index in [1.807, 2.05) is 36.4 Å². The number of anilines is 1. The van der Waals surface area contributed by atoms with Gasteiger partial charge < -0.3 is 10.4 Å². The number of phenolic OH excluding ortho intramolecular Hbond substituents is 1. The highest BCUT2D eigenvalue weighted by atomic mass is 32.2. The third-order valence-corrected chi connectivity index (χ3v) is 5.54. The highest BCUT2D eigenvalue weighted by molar-refractivity contribution is 7.99. The van der Waals surface area contributed by atoms with Gasteiger partial charge in [-0.25, -0.2) is 0 Å². The lowest BCUT2D eigenvalue weighted by Crippen LogP contribution is -2.01. The molecule has 29 heavy (non-hydrogen) atoms. The maximum Gasteiger partial charge on any atom is 0.312 e. The minimum absolute atomic E-state index is 0.318. The normalized spacial score (nSPS) is 10.8. The highest BCUT2D eigenvalue weighted by Crippen LogP contribution is 2.33. The minimum Gasteiger partial charge on any atom is -0.502 e. The van der Waals surface area contributed by atoms with Crippen molar-refractivity contribution in [2.75, 3.05) is 5.32 Å². The molecule has 0 atom stereocenters. The monoisotopic (exact) mass is 403 g/mol. The fourth-order valence-corrected chi connectivity index (χ4v) is 3.94. The molecule has 0 radical (unpaired) electrons. The molecule has 0 saturated carbocycles. The van der Waals surface area contributed by atoms with Crippen molar-refractivity contribution in [1.29, 1.82) is 0 Å². The molecule has 4 rings (SSSR count). The fourth-order valence-electron chi connectivity index (χ4n) is 2.96. The van der Waals surface area contributed by atoms with E-state index < -0.39 is 4.92 Å². The summed E-state index contributed by atoms with van der Waals surface area (Å²) in [6.07, 6.45) is 1.78. The Labute approximate surface area is 171 Å². The van der Waals surface area contributed by atoms with Crippen LogP contribution in [0.15, 0.2) is 88.8 Å². The van der Waals surface area contributed by atoms with Gasteiger partial charge in [-0.3, -0.25) is 15.1 Å². The Balaban J connectivity index is 1.54. The van der Waals surface area contributed by atoms with Gasteiger partial charge in [0.2, 0.25) is 0 Å². The lowest BCUT2D eigenvalue weighted by molar-refractivity contribution is -0.385. The number of aromatic hydroxyl groups is 1. The summed E-state index contributed by atoms with van der Waals surface area (Å²) in [7, 11) is 0. The van der Waals surface area contributed by atoms with Gasteiger partial charge in [0.05, 0.1) is 10.4 Å². The first kappa shape index (κ1) is 18.8. The number of nitro benzene ring substituents is 1. The van der Waals surface area contributed by atoms with Crippen molar-refractivity contribution >= 4 is 34.0 Å². The quantitative estimate of drug-likeness (QED) is 0.247. The lowest BCUT2D eigenvalue weighted by atomic mass is 10.2. The van der Waals surface area contributed by atoms with Crippen molar-refractivity contribution in [2.45, 2.75) is 16.3 Å². The number of fused-ring (bicyclic) bond motifs is 1. The first-order chi connectivity index (χ1) is 14.1. The van der Waals surface area contributed by atoms with Crippen LogP contribution in [-0.2, 0) is 6.54 Å². The molecular formula is C22H17N3O3S. The Morgan fingerprint density at radius 1 is 1.03 bits per heavy atom. The Bertz CT molecular complexity index is 1200. The summed E-state index contributed by atoms with van der Waals surface area (Å²) in [5.41, 5.74) is 2.27. The number of benzene rings is 3. The van der Waals surface area contributed by atoms with Gasteiger partial charge in [-0.2, -0.15) is 0 Å². The van der Waals surface area contributed by atoms with Crippen LogP contribution < -0.4 is 5.32 Å². The number of nitro groups is 1. The van der Waals surface area contributed by atoms with Gasteiger partial charge in [-0.1, -0.05) is 42.1 Å². The predicted molar refractivity (Wildman–Crippen MR) is 114 cm³/mol. The van der Waals surface area contributed by atoms with Crippen LogP contribution in [0.25, 0.3) is 10.9 Å². The SMILES string of the molecule is O=[N+]([O-])c1cc(NCc2ccccc2Sc2ccc3cccnc3c2)ccc1O. The standard InChI is InChI=1S/C22H17N3O3S/c26-21-10-8-17(12-20(21)25(27)28)24-14-16-4-1-2-6-22(16)29-18-9-7-15-5-3-11-23-19(15)13-18/h1-13,24,26H,14H2. The van der Waals surface area contributed by atoms with Crippen LogP contribution in [0.2, 0.25) is 0 Å². The molecule has 144 valence electrons. The fraction of sp³-hybridized carbons (Fsp3) is 0.0455. The van der Waals surface area contributed by atoms with Crippen molar-refractivity contribution < 1.29 is 10.0 Å². The molecule has 0 saturated heterocycles. The van der Waals surface area contributed by atoms with Crippen molar-refractivity contribution in [2.24, 2.45) is 0 Å². The van der Waals surface area contributed by atoms with Gasteiger partial charge in [-0.05, 0) is 42.0 Å². The summed E-state index contributed by atoms with van der Waals surface area (Å²) >= 11 is 1.65. The molecule has 0 spiro atoms. The number of phenols is 1.